The molecule has 1 fully saturated rings. The molecular weight excluding hydrogens is 504 g/mol. The molecule has 1 aliphatic rings. The lowest BCUT2D eigenvalue weighted by Gasteiger charge is -2.23. The number of nitrogens with zero attached hydrogens (tertiary/aromatic N) is 3. The van der Waals surface area contributed by atoms with Gasteiger partial charge in [0.1, 0.15) is 5.82 Å². The maximum Gasteiger partial charge on any atom is 0.323 e. The van der Waals surface area contributed by atoms with E-state index in [-0.39, 0.29) is 11.1 Å². The van der Waals surface area contributed by atoms with Crippen LogP contribution in [-0.2, 0) is 4.74 Å². The van der Waals surface area contributed by atoms with Gasteiger partial charge in [-0.25, -0.2) is 4.68 Å². The summed E-state index contributed by atoms with van der Waals surface area (Å²) in [5, 5.41) is 5.83. The fourth-order valence-electron chi connectivity index (χ4n) is 5.28. The number of fused-ring (bicyclic) bond motifs is 1. The zero-order valence-corrected chi connectivity index (χ0v) is 22.7. The van der Waals surface area contributed by atoms with Crippen LogP contribution >= 0.6 is 11.5 Å². The van der Waals surface area contributed by atoms with Crippen molar-refractivity contribution in [3.63, 3.8) is 0 Å². The number of aromatic amines is 1. The fourth-order valence-corrected chi connectivity index (χ4v) is 5.72. The molecule has 39 heavy (non-hydrogen) atoms. The van der Waals surface area contributed by atoms with Gasteiger partial charge in [0.05, 0.1) is 11.7 Å². The molecule has 6 nitrogen and oxygen atoms in total. The number of benzene rings is 3. The highest BCUT2D eigenvalue weighted by Crippen LogP contribution is 2.36. The predicted molar refractivity (Wildman–Crippen MR) is 159 cm³/mol. The summed E-state index contributed by atoms with van der Waals surface area (Å²) in [6.45, 7) is 3.01. The molecule has 1 atom stereocenters. The topological polar surface area (TPSA) is 72.8 Å². The first-order valence-electron chi connectivity index (χ1n) is 13.4. The summed E-state index contributed by atoms with van der Waals surface area (Å²) in [5.74, 6) is 0.569. The van der Waals surface area contributed by atoms with E-state index in [0.29, 0.717) is 5.82 Å². The van der Waals surface area contributed by atoms with Crippen LogP contribution in [0.2, 0.25) is 0 Å². The molecule has 5 aromatic rings. The van der Waals surface area contributed by atoms with Gasteiger partial charge in [-0.15, -0.1) is 0 Å². The van der Waals surface area contributed by atoms with Crippen molar-refractivity contribution in [1.29, 1.82) is 0 Å². The number of hydrogen-bond donors (Lipinski definition) is 1. The maximum absolute atomic E-state index is 11.4. The van der Waals surface area contributed by atoms with Gasteiger partial charge in [-0.05, 0) is 77.3 Å². The third-order valence-electron chi connectivity index (χ3n) is 7.18. The Labute approximate surface area is 231 Å². The smallest absolute Gasteiger partial charge is 0.323 e. The molecule has 0 bridgehead atoms. The van der Waals surface area contributed by atoms with E-state index in [2.05, 4.69) is 89.1 Å². The largest absolute Gasteiger partial charge is 0.356 e. The van der Waals surface area contributed by atoms with Gasteiger partial charge in [-0.1, -0.05) is 73.7 Å². The number of rotatable bonds is 7. The van der Waals surface area contributed by atoms with Gasteiger partial charge in [-0.2, -0.15) is 9.47 Å². The van der Waals surface area contributed by atoms with E-state index in [1.54, 1.807) is 0 Å². The number of allylic oxidation sites excluding steroid dienone is 1. The molecule has 1 N–H and O–H groups in total. The van der Waals surface area contributed by atoms with E-state index >= 15 is 0 Å². The Balaban J connectivity index is 1.41. The third-order valence-corrected chi connectivity index (χ3v) is 7.74. The predicted octanol–water partition coefficient (Wildman–Crippen LogP) is 7.42. The number of aromatic nitrogens is 4. The number of nitrogens with one attached hydrogen (secondary N) is 1. The summed E-state index contributed by atoms with van der Waals surface area (Å²) in [4.78, 5) is 13.9. The first-order valence-corrected chi connectivity index (χ1v) is 14.2. The van der Waals surface area contributed by atoms with Crippen LogP contribution in [0.3, 0.4) is 0 Å². The fraction of sp³-hybridized carbons (Fsp3) is 0.219. The molecule has 3 heterocycles. The Bertz CT molecular complexity index is 1690. The van der Waals surface area contributed by atoms with Crippen LogP contribution in [0.1, 0.15) is 66.9 Å². The molecule has 3 aromatic carbocycles. The monoisotopic (exact) mass is 534 g/mol. The molecule has 0 saturated carbocycles. The molecule has 0 spiro atoms. The average molecular weight is 535 g/mol. The first kappa shape index (κ1) is 25.2. The van der Waals surface area contributed by atoms with Crippen LogP contribution in [0.4, 0.5) is 0 Å². The van der Waals surface area contributed by atoms with Crippen LogP contribution in [0, 0.1) is 0 Å². The molecule has 1 saturated heterocycles. The van der Waals surface area contributed by atoms with Gasteiger partial charge >= 0.3 is 4.87 Å². The Morgan fingerprint density at radius 3 is 2.56 bits per heavy atom. The van der Waals surface area contributed by atoms with E-state index in [1.807, 2.05) is 23.0 Å². The molecular formula is C32H30N4O2S. The number of hydrogen-bond acceptors (Lipinski definition) is 5. The lowest BCUT2D eigenvalue weighted by molar-refractivity contribution is -0.0366. The summed E-state index contributed by atoms with van der Waals surface area (Å²) in [6.07, 6.45) is 9.93. The van der Waals surface area contributed by atoms with E-state index in [4.69, 9.17) is 9.84 Å². The lowest BCUT2D eigenvalue weighted by atomic mass is 9.87. The van der Waals surface area contributed by atoms with Gasteiger partial charge in [0.15, 0.2) is 6.23 Å². The summed E-state index contributed by atoms with van der Waals surface area (Å²) in [6, 6.07) is 25.8. The summed E-state index contributed by atoms with van der Waals surface area (Å²) < 4.78 is 12.2. The molecule has 1 unspecified atom stereocenters. The zero-order valence-electron chi connectivity index (χ0n) is 21.8. The van der Waals surface area contributed by atoms with E-state index in [9.17, 15) is 4.79 Å². The highest BCUT2D eigenvalue weighted by molar-refractivity contribution is 7.02. The lowest BCUT2D eigenvalue weighted by Crippen LogP contribution is -2.18. The Kier molecular flexibility index (Phi) is 7.34. The van der Waals surface area contributed by atoms with Crippen LogP contribution in [0.25, 0.3) is 34.2 Å². The van der Waals surface area contributed by atoms with E-state index in [1.165, 1.54) is 23.1 Å². The first-order chi connectivity index (χ1) is 19.2. The van der Waals surface area contributed by atoms with Crippen molar-refractivity contribution in [2.75, 3.05) is 6.61 Å². The van der Waals surface area contributed by atoms with Crippen molar-refractivity contribution >= 4 is 45.7 Å². The van der Waals surface area contributed by atoms with Crippen molar-refractivity contribution in [3.8, 4) is 0 Å². The van der Waals surface area contributed by atoms with Crippen LogP contribution in [0.5, 0.6) is 0 Å². The van der Waals surface area contributed by atoms with Gasteiger partial charge in [0, 0.05) is 23.5 Å². The van der Waals surface area contributed by atoms with Crippen molar-refractivity contribution in [3.05, 3.63) is 117 Å². The van der Waals surface area contributed by atoms with Crippen molar-refractivity contribution in [2.45, 2.75) is 38.8 Å². The Morgan fingerprint density at radius 2 is 1.85 bits per heavy atom. The molecule has 196 valence electrons. The van der Waals surface area contributed by atoms with Gasteiger partial charge < -0.3 is 4.74 Å². The zero-order chi connectivity index (χ0) is 26.6. The highest BCUT2D eigenvalue weighted by Gasteiger charge is 2.20. The molecule has 1 aliphatic heterocycles. The van der Waals surface area contributed by atoms with Crippen molar-refractivity contribution in [2.24, 2.45) is 0 Å². The molecule has 0 radical (unpaired) electrons. The van der Waals surface area contributed by atoms with E-state index < -0.39 is 0 Å². The van der Waals surface area contributed by atoms with Crippen LogP contribution < -0.4 is 4.87 Å². The second-order valence-electron chi connectivity index (χ2n) is 9.69. The summed E-state index contributed by atoms with van der Waals surface area (Å²) in [7, 11) is 0. The number of H-pyrrole nitrogens is 1. The van der Waals surface area contributed by atoms with Gasteiger partial charge in [0.25, 0.3) is 0 Å². The van der Waals surface area contributed by atoms with Crippen molar-refractivity contribution in [1.82, 2.24) is 19.1 Å². The quantitative estimate of drug-likeness (QED) is 0.221. The molecule has 2 aromatic heterocycles. The second kappa shape index (κ2) is 11.4. The molecule has 7 heteroatoms. The minimum atomic E-state index is -0.151. The third kappa shape index (κ3) is 5.41. The second-order valence-corrected chi connectivity index (χ2v) is 10.4. The van der Waals surface area contributed by atoms with Gasteiger partial charge in [-0.3, -0.25) is 9.78 Å². The highest BCUT2D eigenvalue weighted by atomic mass is 32.1. The Morgan fingerprint density at radius 1 is 1.03 bits per heavy atom. The minimum absolute atomic E-state index is 0.00958. The molecule has 0 amide bonds. The standard InChI is InChI=1S/C32H30N4O2S/c1-2-27(23-8-4-3-5-9-23)31(24-14-11-22(12-15-24)13-18-29-34-32(37)39-35-29)25-16-17-28-26(20-25)21-33-36(28)30-10-6-7-19-38-30/h3-5,8-9,11-18,20-21,30H,2,6-7,10,19H2,1H3,(H,34,35,37)/b18-13+,31-27+. The Hall–Kier alpha value is -4.07. The van der Waals surface area contributed by atoms with E-state index in [0.717, 1.165) is 65.0 Å². The van der Waals surface area contributed by atoms with Gasteiger partial charge in [0.2, 0.25) is 0 Å². The molecule has 6 rings (SSSR count). The maximum atomic E-state index is 11.4. The SMILES string of the molecule is CC/C(=C(/c1ccc(/C=C/c2nsc(=O)[nH]2)cc1)c1ccc2c(cnn2C2CCCCO2)c1)c1ccccc1. The van der Waals surface area contributed by atoms with Crippen molar-refractivity contribution < 1.29 is 4.74 Å². The number of ether oxygens (including phenoxy) is 1. The summed E-state index contributed by atoms with van der Waals surface area (Å²) in [5.41, 5.74) is 8.18. The average Bonchev–Trinajstić information content (AvgIpc) is 3.61. The van der Waals surface area contributed by atoms with Crippen LogP contribution in [-0.4, -0.2) is 25.7 Å². The van der Waals surface area contributed by atoms with Crippen LogP contribution in [0.15, 0.2) is 83.8 Å². The normalized spacial score (nSPS) is 16.6. The summed E-state index contributed by atoms with van der Waals surface area (Å²) >= 11 is 0.926. The minimum Gasteiger partial charge on any atom is -0.356 e. The molecule has 0 aliphatic carbocycles.